The Morgan fingerprint density at radius 3 is 2.37 bits per heavy atom. The average Bonchev–Trinajstić information content (AvgIpc) is 3.95. The lowest BCUT2D eigenvalue weighted by atomic mass is 9.91. The van der Waals surface area contributed by atoms with Crippen LogP contribution in [0.5, 0.6) is 5.88 Å². The molecule has 2 fully saturated rings. The highest BCUT2D eigenvalue weighted by Crippen LogP contribution is 2.59. The molecule has 2 aromatic carbocycles. The Kier molecular flexibility index (Phi) is 11.1. The molecule has 0 spiro atoms. The van der Waals surface area contributed by atoms with Crippen molar-refractivity contribution >= 4 is 33.1 Å². The van der Waals surface area contributed by atoms with E-state index in [4.69, 9.17) is 9.72 Å². The first kappa shape index (κ1) is 41.8. The Hall–Kier alpha value is -5.30. The molecule has 3 N–H and O–H groups in total. The minimum Gasteiger partial charge on any atom is -0.478 e. The highest BCUT2D eigenvalue weighted by atomic mass is 32.2. The SMILES string of the molecule is Cc1cccc(C)c1-c1cc(OC[C@@H]2N[C@H](c3cnc4cc(C5(C(F)(F)F)CC5)n(C)c4n3)CCC[C@H]2CCC(F)(F)F)nc(NS(=O)(=O)c2cccc(C(=O)O)c2)n1. The quantitative estimate of drug-likeness (QED) is 0.104. The Labute approximate surface area is 335 Å². The third-order valence-electron chi connectivity index (χ3n) is 11.2. The fraction of sp³-hybridized carbons (Fsp3) is 0.425. The van der Waals surface area contributed by atoms with Crippen molar-refractivity contribution in [2.24, 2.45) is 13.0 Å². The molecule has 3 aromatic heterocycles. The van der Waals surface area contributed by atoms with E-state index in [1.54, 1.807) is 0 Å². The normalized spacial score (nSPS) is 19.6. The maximum Gasteiger partial charge on any atom is 0.399 e. The number of alkyl halides is 6. The van der Waals surface area contributed by atoms with Crippen LogP contribution in [-0.2, 0) is 22.5 Å². The van der Waals surface area contributed by atoms with Gasteiger partial charge in [-0.2, -0.15) is 31.3 Å². The second-order valence-electron chi connectivity index (χ2n) is 15.3. The second-order valence-corrected chi connectivity index (χ2v) is 17.0. The summed E-state index contributed by atoms with van der Waals surface area (Å²) in [6.07, 6.45) is -7.39. The van der Waals surface area contributed by atoms with E-state index < -0.39 is 64.1 Å². The summed E-state index contributed by atoms with van der Waals surface area (Å²) >= 11 is 0. The number of halogens is 6. The van der Waals surface area contributed by atoms with Crippen LogP contribution >= 0.6 is 0 Å². The van der Waals surface area contributed by atoms with Gasteiger partial charge in [-0.1, -0.05) is 30.7 Å². The number of sulfonamides is 1. The summed E-state index contributed by atoms with van der Waals surface area (Å²) in [6, 6.07) is 11.9. The highest BCUT2D eigenvalue weighted by molar-refractivity contribution is 7.92. The zero-order valence-corrected chi connectivity index (χ0v) is 33.0. The van der Waals surface area contributed by atoms with E-state index in [0.717, 1.165) is 17.2 Å². The smallest absolute Gasteiger partial charge is 0.399 e. The topological polar surface area (TPSA) is 161 Å². The molecular weight excluding hydrogens is 805 g/mol. The molecule has 0 bridgehead atoms. The molecule has 0 unspecified atom stereocenters. The van der Waals surface area contributed by atoms with Gasteiger partial charge in [0.25, 0.3) is 10.0 Å². The lowest BCUT2D eigenvalue weighted by molar-refractivity contribution is -0.162. The van der Waals surface area contributed by atoms with E-state index >= 15 is 0 Å². The molecule has 1 saturated heterocycles. The first-order chi connectivity index (χ1) is 27.7. The third kappa shape index (κ3) is 8.85. The van der Waals surface area contributed by atoms with Gasteiger partial charge in [0.15, 0.2) is 5.65 Å². The predicted octanol–water partition coefficient (Wildman–Crippen LogP) is 8.36. The number of carboxylic acid groups (broad SMARTS) is 1. The van der Waals surface area contributed by atoms with E-state index in [9.17, 15) is 44.7 Å². The number of nitrogens with one attached hydrogen (secondary N) is 2. The van der Waals surface area contributed by atoms with Crippen molar-refractivity contribution in [2.75, 3.05) is 11.3 Å². The standard InChI is InChI=1S/C40H41F6N7O5S/c1-22-7-4-8-23(2)34(22)28-19-33(51-37(50-28)52-59(56,57)26-11-5-10-25(17-26)36(54)55)58-21-31-24(13-14-39(41,42)43)9-6-12-27(48-31)30-20-47-29-18-32(53(3)35(29)49-30)38(15-16-38)40(44,45)46/h4-5,7-8,10-11,17-20,24,27,31,48H,6,9,12-16,21H2,1-3H3,(H,54,55)(H,50,51,52)/t24-,27-,31-/m0/s1. The number of carbonyl (C=O) groups is 1. The fourth-order valence-electron chi connectivity index (χ4n) is 7.94. The van der Waals surface area contributed by atoms with Crippen molar-refractivity contribution in [3.63, 3.8) is 0 Å². The lowest BCUT2D eigenvalue weighted by Gasteiger charge is -2.28. The molecule has 1 saturated carbocycles. The number of benzene rings is 2. The van der Waals surface area contributed by atoms with Gasteiger partial charge in [-0.05, 0) is 87.3 Å². The number of hydrogen-bond donors (Lipinski definition) is 3. The van der Waals surface area contributed by atoms with Gasteiger partial charge in [0.2, 0.25) is 11.8 Å². The molecular formula is C40H41F6N7O5S. The zero-order chi connectivity index (χ0) is 42.5. The molecule has 5 aromatic rings. The molecule has 0 radical (unpaired) electrons. The molecule has 19 heteroatoms. The van der Waals surface area contributed by atoms with Gasteiger partial charge in [0.1, 0.15) is 17.5 Å². The van der Waals surface area contributed by atoms with Gasteiger partial charge in [-0.15, -0.1) is 0 Å². The van der Waals surface area contributed by atoms with Gasteiger partial charge in [-0.3, -0.25) is 4.98 Å². The molecule has 4 heterocycles. The Balaban J connectivity index is 1.21. The number of hydrogen-bond acceptors (Lipinski definition) is 9. The number of aromatic nitrogens is 5. The molecule has 59 heavy (non-hydrogen) atoms. The maximum atomic E-state index is 14.1. The minimum atomic E-state index is -4.44. The van der Waals surface area contributed by atoms with Crippen LogP contribution in [0.3, 0.4) is 0 Å². The van der Waals surface area contributed by atoms with E-state index in [1.165, 1.54) is 48.1 Å². The Bertz CT molecular complexity index is 2490. The number of carboxylic acids is 1. The van der Waals surface area contributed by atoms with Gasteiger partial charge >= 0.3 is 18.3 Å². The Morgan fingerprint density at radius 1 is 1.00 bits per heavy atom. The van der Waals surface area contributed by atoms with Crippen molar-refractivity contribution in [2.45, 2.75) is 93.5 Å². The van der Waals surface area contributed by atoms with Gasteiger partial charge in [-0.25, -0.2) is 27.9 Å². The van der Waals surface area contributed by atoms with Gasteiger partial charge < -0.3 is 19.7 Å². The summed E-state index contributed by atoms with van der Waals surface area (Å²) in [4.78, 5) is 29.2. The van der Waals surface area contributed by atoms with Crippen molar-refractivity contribution in [1.82, 2.24) is 29.8 Å². The fourth-order valence-corrected chi connectivity index (χ4v) is 8.93. The van der Waals surface area contributed by atoms with Crippen LogP contribution in [0.2, 0.25) is 0 Å². The van der Waals surface area contributed by atoms with Gasteiger partial charge in [0.05, 0.1) is 34.1 Å². The minimum absolute atomic E-state index is 0.0366. The summed E-state index contributed by atoms with van der Waals surface area (Å²) in [5, 5.41) is 12.8. The highest BCUT2D eigenvalue weighted by Gasteiger charge is 2.65. The number of ether oxygens (including phenoxy) is 1. The first-order valence-corrected chi connectivity index (χ1v) is 20.4. The summed E-state index contributed by atoms with van der Waals surface area (Å²) in [5.41, 5.74) is 1.35. The van der Waals surface area contributed by atoms with Crippen molar-refractivity contribution < 1.29 is 49.4 Å². The van der Waals surface area contributed by atoms with Crippen molar-refractivity contribution in [3.05, 3.63) is 88.9 Å². The van der Waals surface area contributed by atoms with E-state index in [1.807, 2.05) is 32.0 Å². The third-order valence-corrected chi connectivity index (χ3v) is 12.5. The largest absolute Gasteiger partial charge is 0.478 e. The molecule has 1 aliphatic carbocycles. The number of anilines is 1. The van der Waals surface area contributed by atoms with Crippen LogP contribution in [0.1, 0.15) is 83.9 Å². The summed E-state index contributed by atoms with van der Waals surface area (Å²) in [7, 11) is -2.91. The zero-order valence-electron chi connectivity index (χ0n) is 32.2. The van der Waals surface area contributed by atoms with Crippen LogP contribution < -0.4 is 14.8 Å². The van der Waals surface area contributed by atoms with E-state index in [-0.39, 0.29) is 59.2 Å². The summed E-state index contributed by atoms with van der Waals surface area (Å²) in [6.45, 7) is 3.46. The summed E-state index contributed by atoms with van der Waals surface area (Å²) < 4.78 is 120. The van der Waals surface area contributed by atoms with E-state index in [0.29, 0.717) is 36.0 Å². The number of rotatable bonds is 12. The molecule has 7 rings (SSSR count). The van der Waals surface area contributed by atoms with Crippen molar-refractivity contribution in [3.8, 4) is 17.1 Å². The number of aryl methyl sites for hydroxylation is 3. The molecule has 1 aliphatic heterocycles. The summed E-state index contributed by atoms with van der Waals surface area (Å²) in [5.74, 6) is -2.36. The predicted molar refractivity (Wildman–Crippen MR) is 204 cm³/mol. The molecule has 2 aliphatic rings. The van der Waals surface area contributed by atoms with Crippen LogP contribution in [0, 0.1) is 19.8 Å². The molecule has 12 nitrogen and oxygen atoms in total. The van der Waals surface area contributed by atoms with Crippen LogP contribution in [0.25, 0.3) is 22.4 Å². The molecule has 0 amide bonds. The Morgan fingerprint density at radius 2 is 1.71 bits per heavy atom. The maximum absolute atomic E-state index is 14.1. The molecule has 314 valence electrons. The van der Waals surface area contributed by atoms with Crippen LogP contribution in [-0.4, -0.2) is 69.0 Å². The van der Waals surface area contributed by atoms with Crippen LogP contribution in [0.4, 0.5) is 32.3 Å². The van der Waals surface area contributed by atoms with E-state index in [2.05, 4.69) is 25.0 Å². The number of aromatic carboxylic acids is 1. The number of fused-ring (bicyclic) bond motifs is 1. The first-order valence-electron chi connectivity index (χ1n) is 18.9. The number of nitrogens with zero attached hydrogens (tertiary/aromatic N) is 5. The van der Waals surface area contributed by atoms with Crippen molar-refractivity contribution in [1.29, 1.82) is 0 Å². The van der Waals surface area contributed by atoms with Crippen LogP contribution in [0.15, 0.2) is 65.7 Å². The monoisotopic (exact) mass is 845 g/mol. The second kappa shape index (κ2) is 15.7. The molecule has 3 atom stereocenters. The average molecular weight is 846 g/mol. The van der Waals surface area contributed by atoms with Gasteiger partial charge in [0, 0.05) is 36.8 Å². The lowest BCUT2D eigenvalue weighted by Crippen LogP contribution is -2.42.